The molecule has 2 aromatic rings. The van der Waals surface area contributed by atoms with E-state index in [1.807, 2.05) is 0 Å². The number of aliphatic hydroxyl groups is 1. The van der Waals surface area contributed by atoms with Crippen LogP contribution in [0.2, 0.25) is 0 Å². The molecule has 3 rings (SSSR count). The summed E-state index contributed by atoms with van der Waals surface area (Å²) in [5.74, 6) is -0.294. The molecule has 0 unspecified atom stereocenters. The highest BCUT2D eigenvalue weighted by Gasteiger charge is 2.30. The summed E-state index contributed by atoms with van der Waals surface area (Å²) in [7, 11) is 0. The molecule has 8 heteroatoms. The summed E-state index contributed by atoms with van der Waals surface area (Å²) < 4.78 is 0. The van der Waals surface area contributed by atoms with Gasteiger partial charge in [-0.15, -0.1) is 11.3 Å². The van der Waals surface area contributed by atoms with Crippen LogP contribution < -0.4 is 11.1 Å². The van der Waals surface area contributed by atoms with Crippen LogP contribution in [0.5, 0.6) is 0 Å². The van der Waals surface area contributed by atoms with E-state index < -0.39 is 12.0 Å². The minimum Gasteiger partial charge on any atom is -0.389 e. The number of aromatic nitrogens is 1. The largest absolute Gasteiger partial charge is 0.389 e. The highest BCUT2D eigenvalue weighted by Crippen LogP contribution is 2.26. The van der Waals surface area contributed by atoms with Crippen molar-refractivity contribution >= 4 is 34.0 Å². The van der Waals surface area contributed by atoms with E-state index in [0.717, 1.165) is 0 Å². The van der Waals surface area contributed by atoms with Crippen molar-refractivity contribution < 1.29 is 14.7 Å². The zero-order valence-electron chi connectivity index (χ0n) is 11.5. The molecular weight excluding hydrogens is 304 g/mol. The van der Waals surface area contributed by atoms with Crippen molar-refractivity contribution in [2.75, 3.05) is 18.4 Å². The highest BCUT2D eigenvalue weighted by molar-refractivity contribution is 7.14. The fourth-order valence-corrected chi connectivity index (χ4v) is 2.92. The monoisotopic (exact) mass is 318 g/mol. The van der Waals surface area contributed by atoms with E-state index in [4.69, 9.17) is 5.73 Å². The maximum atomic E-state index is 12.2. The van der Waals surface area contributed by atoms with Crippen LogP contribution in [0.15, 0.2) is 29.6 Å². The normalized spacial score (nSPS) is 14.5. The quantitative estimate of drug-likeness (QED) is 0.773. The summed E-state index contributed by atoms with van der Waals surface area (Å²) in [6.07, 6.45) is -0.450. The molecule has 3 heterocycles. The van der Waals surface area contributed by atoms with Crippen molar-refractivity contribution in [3.05, 3.63) is 40.9 Å². The van der Waals surface area contributed by atoms with Crippen molar-refractivity contribution in [1.29, 1.82) is 0 Å². The van der Waals surface area contributed by atoms with Gasteiger partial charge in [0.05, 0.1) is 11.7 Å². The van der Waals surface area contributed by atoms with Gasteiger partial charge in [0.15, 0.2) is 0 Å². The smallest absolute Gasteiger partial charge is 0.272 e. The fraction of sp³-hybridized carbons (Fsp3) is 0.214. The first-order chi connectivity index (χ1) is 10.5. The molecule has 0 aliphatic carbocycles. The number of nitrogens with one attached hydrogen (secondary N) is 1. The number of pyridine rings is 1. The molecule has 0 radical (unpaired) electrons. The standard InChI is InChI=1S/C14H14N4O3S/c15-12(20)9-4-5-22-13(9)17-11-3-1-2-10(16-11)14(21)18-6-8(19)7-18/h1-5,8,19H,6-7H2,(H2,15,20)(H,16,17). The average molecular weight is 318 g/mol. The molecule has 0 bridgehead atoms. The SMILES string of the molecule is NC(=O)c1ccsc1Nc1cccc(C(=O)N2CC(O)C2)n1. The van der Waals surface area contributed by atoms with E-state index in [0.29, 0.717) is 29.5 Å². The van der Waals surface area contributed by atoms with Crippen LogP contribution in [0.4, 0.5) is 10.8 Å². The van der Waals surface area contributed by atoms with Crippen molar-refractivity contribution in [1.82, 2.24) is 9.88 Å². The Morgan fingerprint density at radius 2 is 2.14 bits per heavy atom. The molecule has 1 fully saturated rings. The zero-order valence-corrected chi connectivity index (χ0v) is 12.3. The van der Waals surface area contributed by atoms with E-state index in [1.54, 1.807) is 29.6 Å². The van der Waals surface area contributed by atoms with Crippen LogP contribution in [-0.4, -0.2) is 46.0 Å². The Hall–Kier alpha value is -2.45. The molecule has 114 valence electrons. The molecule has 0 saturated carbocycles. The van der Waals surface area contributed by atoms with Crippen LogP contribution >= 0.6 is 11.3 Å². The number of amides is 2. The lowest BCUT2D eigenvalue weighted by atomic mass is 10.1. The lowest BCUT2D eigenvalue weighted by Gasteiger charge is -2.35. The highest BCUT2D eigenvalue weighted by atomic mass is 32.1. The molecule has 0 aromatic carbocycles. The predicted molar refractivity (Wildman–Crippen MR) is 82.3 cm³/mol. The molecule has 2 aromatic heterocycles. The molecule has 1 aliphatic rings. The number of rotatable bonds is 4. The molecule has 2 amide bonds. The van der Waals surface area contributed by atoms with Gasteiger partial charge in [-0.05, 0) is 23.6 Å². The van der Waals surface area contributed by atoms with E-state index in [9.17, 15) is 14.7 Å². The van der Waals surface area contributed by atoms with Crippen molar-refractivity contribution in [2.24, 2.45) is 5.73 Å². The van der Waals surface area contributed by atoms with Crippen molar-refractivity contribution in [3.8, 4) is 0 Å². The third-order valence-corrected chi connectivity index (χ3v) is 4.12. The maximum Gasteiger partial charge on any atom is 0.272 e. The summed E-state index contributed by atoms with van der Waals surface area (Å²) in [4.78, 5) is 29.2. The Morgan fingerprint density at radius 1 is 1.36 bits per heavy atom. The van der Waals surface area contributed by atoms with E-state index in [2.05, 4.69) is 10.3 Å². The van der Waals surface area contributed by atoms with Gasteiger partial charge in [0, 0.05) is 13.1 Å². The number of carbonyl (C=O) groups is 2. The number of primary amides is 1. The first-order valence-corrected chi connectivity index (χ1v) is 7.51. The summed E-state index contributed by atoms with van der Waals surface area (Å²) in [6, 6.07) is 6.65. The van der Waals surface area contributed by atoms with Gasteiger partial charge in [-0.25, -0.2) is 4.98 Å². The number of aliphatic hydroxyl groups excluding tert-OH is 1. The van der Waals surface area contributed by atoms with Crippen molar-refractivity contribution in [3.63, 3.8) is 0 Å². The number of anilines is 2. The summed E-state index contributed by atoms with van der Waals surface area (Å²) in [5, 5.41) is 14.6. The van der Waals surface area contributed by atoms with Crippen LogP contribution in [0.1, 0.15) is 20.8 Å². The van der Waals surface area contributed by atoms with Gasteiger partial charge in [0.2, 0.25) is 0 Å². The molecular formula is C14H14N4O3S. The number of thiophene rings is 1. The summed E-state index contributed by atoms with van der Waals surface area (Å²) in [6.45, 7) is 0.657. The Bertz CT molecular complexity index is 724. The number of hydrogen-bond donors (Lipinski definition) is 3. The predicted octanol–water partition coefficient (Wildman–Crippen LogP) is 0.802. The molecule has 1 saturated heterocycles. The van der Waals surface area contributed by atoms with E-state index >= 15 is 0 Å². The molecule has 1 aliphatic heterocycles. The number of β-amino-alcohol motifs (C(OH)–C–C–N with tert-alkyl or cyclic N) is 1. The first-order valence-electron chi connectivity index (χ1n) is 6.63. The minimum absolute atomic E-state index is 0.227. The molecule has 7 nitrogen and oxygen atoms in total. The van der Waals surface area contributed by atoms with Gasteiger partial charge in [0.25, 0.3) is 11.8 Å². The third-order valence-electron chi connectivity index (χ3n) is 3.29. The van der Waals surface area contributed by atoms with Gasteiger partial charge in [-0.3, -0.25) is 9.59 Å². The number of likely N-dealkylation sites (tertiary alicyclic amines) is 1. The van der Waals surface area contributed by atoms with Gasteiger partial charge in [-0.1, -0.05) is 6.07 Å². The topological polar surface area (TPSA) is 109 Å². The zero-order chi connectivity index (χ0) is 15.7. The van der Waals surface area contributed by atoms with Crippen LogP contribution in [0.3, 0.4) is 0 Å². The summed E-state index contributed by atoms with van der Waals surface area (Å²) >= 11 is 1.33. The van der Waals surface area contributed by atoms with Crippen LogP contribution in [0.25, 0.3) is 0 Å². The lowest BCUT2D eigenvalue weighted by molar-refractivity contribution is 0.00552. The number of nitrogens with two attached hydrogens (primary N) is 1. The average Bonchev–Trinajstić information content (AvgIpc) is 2.92. The third kappa shape index (κ3) is 2.78. The van der Waals surface area contributed by atoms with E-state index in [1.165, 1.54) is 16.2 Å². The van der Waals surface area contributed by atoms with E-state index in [-0.39, 0.29) is 11.6 Å². The number of carbonyl (C=O) groups excluding carboxylic acids is 2. The van der Waals surface area contributed by atoms with Gasteiger partial charge >= 0.3 is 0 Å². The Morgan fingerprint density at radius 3 is 2.82 bits per heavy atom. The second-order valence-electron chi connectivity index (χ2n) is 4.92. The second kappa shape index (κ2) is 5.74. The molecule has 4 N–H and O–H groups in total. The first kappa shape index (κ1) is 14.5. The van der Waals surface area contributed by atoms with Gasteiger partial charge < -0.3 is 21.1 Å². The number of nitrogens with zero attached hydrogens (tertiary/aromatic N) is 2. The fourth-order valence-electron chi connectivity index (χ4n) is 2.12. The van der Waals surface area contributed by atoms with Crippen LogP contribution in [0, 0.1) is 0 Å². The number of hydrogen-bond acceptors (Lipinski definition) is 6. The molecule has 0 spiro atoms. The minimum atomic E-state index is -0.523. The molecule has 0 atom stereocenters. The van der Waals surface area contributed by atoms with Crippen LogP contribution in [-0.2, 0) is 0 Å². The Kier molecular flexibility index (Phi) is 3.78. The Labute approximate surface area is 130 Å². The second-order valence-corrected chi connectivity index (χ2v) is 5.84. The van der Waals surface area contributed by atoms with Crippen molar-refractivity contribution in [2.45, 2.75) is 6.10 Å². The van der Waals surface area contributed by atoms with Gasteiger partial charge in [-0.2, -0.15) is 0 Å². The molecule has 22 heavy (non-hydrogen) atoms. The maximum absolute atomic E-state index is 12.2. The lowest BCUT2D eigenvalue weighted by Crippen LogP contribution is -2.53. The van der Waals surface area contributed by atoms with Gasteiger partial charge in [0.1, 0.15) is 16.5 Å². The Balaban J connectivity index is 1.78. The summed E-state index contributed by atoms with van der Waals surface area (Å²) in [5.41, 5.74) is 5.96.